The van der Waals surface area contributed by atoms with Gasteiger partial charge in [-0.1, -0.05) is 26.0 Å². The summed E-state index contributed by atoms with van der Waals surface area (Å²) in [7, 11) is 1.74. The highest BCUT2D eigenvalue weighted by molar-refractivity contribution is 5.82. The van der Waals surface area contributed by atoms with Gasteiger partial charge in [0.1, 0.15) is 12.0 Å². The summed E-state index contributed by atoms with van der Waals surface area (Å²) >= 11 is 0. The van der Waals surface area contributed by atoms with E-state index in [0.717, 1.165) is 11.8 Å². The van der Waals surface area contributed by atoms with Gasteiger partial charge >= 0.3 is 0 Å². The van der Waals surface area contributed by atoms with E-state index in [1.54, 1.807) is 31.3 Å². The maximum absolute atomic E-state index is 12.5. The molecule has 3 N–H and O–H groups in total. The molecule has 0 aromatic heterocycles. The first-order valence-electron chi connectivity index (χ1n) is 7.82. The fourth-order valence-electron chi connectivity index (χ4n) is 2.84. The number of rotatable bonds is 8. The number of phenolic OH excluding ortho intramolecular Hbond substituents is 1. The van der Waals surface area contributed by atoms with Gasteiger partial charge in [0.2, 0.25) is 5.91 Å². The Bertz CT molecular complexity index is 536. The van der Waals surface area contributed by atoms with Gasteiger partial charge in [0.15, 0.2) is 0 Å². The van der Waals surface area contributed by atoms with Crippen LogP contribution in [0.25, 0.3) is 0 Å². The molecule has 0 heterocycles. The Hall–Kier alpha value is -1.88. The number of aromatic hydroxyl groups is 1. The largest absolute Gasteiger partial charge is 0.508 e. The lowest BCUT2D eigenvalue weighted by Gasteiger charge is -2.33. The van der Waals surface area contributed by atoms with Crippen LogP contribution in [0, 0.1) is 5.41 Å². The van der Waals surface area contributed by atoms with Crippen LogP contribution in [0.4, 0.5) is 0 Å². The van der Waals surface area contributed by atoms with Gasteiger partial charge < -0.3 is 20.5 Å². The molecule has 1 amide bonds. The fourth-order valence-corrected chi connectivity index (χ4v) is 2.84. The Kier molecular flexibility index (Phi) is 6.33. The van der Waals surface area contributed by atoms with Crippen molar-refractivity contribution < 1.29 is 14.7 Å². The monoisotopic (exact) mass is 320 g/mol. The van der Waals surface area contributed by atoms with E-state index in [1.807, 2.05) is 27.7 Å². The van der Waals surface area contributed by atoms with Crippen molar-refractivity contribution in [2.24, 2.45) is 5.41 Å². The average molecular weight is 320 g/mol. The molecule has 1 atom stereocenters. The number of hydrogen-bond acceptors (Lipinski definition) is 4. The molecular formula is C18H28N2O3. The summed E-state index contributed by atoms with van der Waals surface area (Å²) in [4.78, 5) is 23.6. The normalized spacial score (nSPS) is 13.4. The van der Waals surface area contributed by atoms with Crippen LogP contribution in [0.3, 0.4) is 0 Å². The zero-order chi connectivity index (χ0) is 17.7. The van der Waals surface area contributed by atoms with Crippen LogP contribution < -0.4 is 10.6 Å². The number of aldehydes is 1. The molecule has 0 aliphatic heterocycles. The zero-order valence-electron chi connectivity index (χ0n) is 14.6. The first-order chi connectivity index (χ1) is 10.6. The minimum Gasteiger partial charge on any atom is -0.508 e. The topological polar surface area (TPSA) is 78.4 Å². The molecule has 1 aromatic carbocycles. The van der Waals surface area contributed by atoms with Crippen molar-refractivity contribution in [3.8, 4) is 5.75 Å². The van der Waals surface area contributed by atoms with E-state index in [2.05, 4.69) is 10.6 Å². The number of benzene rings is 1. The number of likely N-dealkylation sites (N-methyl/N-ethyl adjacent to an activating group) is 1. The molecule has 0 radical (unpaired) electrons. The molecule has 1 unspecified atom stereocenters. The van der Waals surface area contributed by atoms with Crippen molar-refractivity contribution in [1.29, 1.82) is 0 Å². The molecule has 23 heavy (non-hydrogen) atoms. The summed E-state index contributed by atoms with van der Waals surface area (Å²) in [6.45, 7) is 7.56. The highest BCUT2D eigenvalue weighted by atomic mass is 16.3. The molecule has 5 heteroatoms. The molecule has 0 fully saturated rings. The van der Waals surface area contributed by atoms with Gasteiger partial charge in [-0.2, -0.15) is 0 Å². The molecule has 128 valence electrons. The van der Waals surface area contributed by atoms with Crippen molar-refractivity contribution in [1.82, 2.24) is 10.6 Å². The maximum Gasteiger partial charge on any atom is 0.237 e. The molecule has 5 nitrogen and oxygen atoms in total. The Morgan fingerprint density at radius 1 is 1.22 bits per heavy atom. The number of nitrogens with one attached hydrogen (secondary N) is 2. The van der Waals surface area contributed by atoms with E-state index < -0.39 is 11.0 Å². The van der Waals surface area contributed by atoms with Crippen LogP contribution in [-0.2, 0) is 16.0 Å². The first kappa shape index (κ1) is 19.2. The van der Waals surface area contributed by atoms with Gasteiger partial charge in [0.05, 0.1) is 6.04 Å². The summed E-state index contributed by atoms with van der Waals surface area (Å²) < 4.78 is 0. The van der Waals surface area contributed by atoms with Crippen molar-refractivity contribution in [3.05, 3.63) is 29.8 Å². The number of hydrogen-bond donors (Lipinski definition) is 3. The maximum atomic E-state index is 12.5. The lowest BCUT2D eigenvalue weighted by atomic mass is 9.81. The first-order valence-corrected chi connectivity index (χ1v) is 7.82. The number of amides is 1. The van der Waals surface area contributed by atoms with Gasteiger partial charge in [-0.25, -0.2) is 0 Å². The van der Waals surface area contributed by atoms with Crippen LogP contribution in [0.5, 0.6) is 5.75 Å². The average Bonchev–Trinajstić information content (AvgIpc) is 2.44. The number of phenols is 1. The predicted molar refractivity (Wildman–Crippen MR) is 91.3 cm³/mol. The van der Waals surface area contributed by atoms with Gasteiger partial charge in [0.25, 0.3) is 0 Å². The third kappa shape index (κ3) is 6.40. The fraction of sp³-hybridized carbons (Fsp3) is 0.556. The molecule has 0 saturated carbocycles. The molecule has 0 spiro atoms. The summed E-state index contributed by atoms with van der Waals surface area (Å²) in [5.74, 6) is 0.101. The third-order valence-corrected chi connectivity index (χ3v) is 3.72. The number of carbonyl (C=O) groups excluding carboxylic acids is 2. The highest BCUT2D eigenvalue weighted by Crippen LogP contribution is 2.25. The van der Waals surface area contributed by atoms with Gasteiger partial charge in [-0.15, -0.1) is 0 Å². The van der Waals surface area contributed by atoms with Crippen LogP contribution in [-0.4, -0.2) is 35.9 Å². The molecule has 0 saturated heterocycles. The van der Waals surface area contributed by atoms with Crippen LogP contribution in [0.1, 0.15) is 39.7 Å². The quantitative estimate of drug-likeness (QED) is 0.641. The van der Waals surface area contributed by atoms with Crippen molar-refractivity contribution >= 4 is 12.2 Å². The second-order valence-electron chi connectivity index (χ2n) is 7.37. The lowest BCUT2D eigenvalue weighted by molar-refractivity contribution is -0.125. The minimum atomic E-state index is -0.483. The summed E-state index contributed by atoms with van der Waals surface area (Å²) in [6.07, 6.45) is 2.01. The Labute approximate surface area is 138 Å². The van der Waals surface area contributed by atoms with Gasteiger partial charge in [-0.3, -0.25) is 4.79 Å². The van der Waals surface area contributed by atoms with Crippen LogP contribution in [0.15, 0.2) is 24.3 Å². The van der Waals surface area contributed by atoms with E-state index in [-0.39, 0.29) is 17.7 Å². The smallest absolute Gasteiger partial charge is 0.237 e. The molecule has 1 aromatic rings. The summed E-state index contributed by atoms with van der Waals surface area (Å²) in [5, 5.41) is 15.4. The molecule has 1 rings (SSSR count). The van der Waals surface area contributed by atoms with E-state index in [0.29, 0.717) is 12.8 Å². The third-order valence-electron chi connectivity index (χ3n) is 3.72. The number of carbonyl (C=O) groups is 2. The van der Waals surface area contributed by atoms with Crippen LogP contribution in [0.2, 0.25) is 0 Å². The highest BCUT2D eigenvalue weighted by Gasteiger charge is 2.31. The van der Waals surface area contributed by atoms with Crippen molar-refractivity contribution in [3.63, 3.8) is 0 Å². The minimum absolute atomic E-state index is 0.104. The van der Waals surface area contributed by atoms with E-state index in [4.69, 9.17) is 0 Å². The zero-order valence-corrected chi connectivity index (χ0v) is 14.6. The SMILES string of the molecule is CNC(Cc1ccc(O)cc1)C(=O)NC(C)(C)CC(C)(C)C=O. The van der Waals surface area contributed by atoms with Gasteiger partial charge in [0, 0.05) is 11.0 Å². The lowest BCUT2D eigenvalue weighted by Crippen LogP contribution is -2.53. The van der Waals surface area contributed by atoms with Crippen molar-refractivity contribution in [2.75, 3.05) is 7.05 Å². The second-order valence-corrected chi connectivity index (χ2v) is 7.37. The van der Waals surface area contributed by atoms with Crippen molar-refractivity contribution in [2.45, 2.75) is 52.1 Å². The standard InChI is InChI=1S/C18H28N2O3/c1-17(2,12-21)11-18(3,4)20-16(23)15(19-5)10-13-6-8-14(22)9-7-13/h6-9,12,15,19,22H,10-11H2,1-5H3,(H,20,23). The Balaban J connectivity index is 2.72. The molecule has 0 aliphatic rings. The second kappa shape index (κ2) is 7.59. The van der Waals surface area contributed by atoms with Gasteiger partial charge in [-0.05, 0) is 51.4 Å². The summed E-state index contributed by atoms with van der Waals surface area (Å²) in [6, 6.07) is 6.44. The molecule has 0 aliphatic carbocycles. The predicted octanol–water partition coefficient (Wildman–Crippen LogP) is 2.03. The molecular weight excluding hydrogens is 292 g/mol. The van der Waals surface area contributed by atoms with E-state index in [1.165, 1.54) is 0 Å². The summed E-state index contributed by atoms with van der Waals surface area (Å²) in [5.41, 5.74) is -0.00245. The van der Waals surface area contributed by atoms with Crippen LogP contribution >= 0.6 is 0 Å². The van der Waals surface area contributed by atoms with E-state index in [9.17, 15) is 14.7 Å². The molecule has 0 bridgehead atoms. The Morgan fingerprint density at radius 2 is 1.78 bits per heavy atom. The van der Waals surface area contributed by atoms with E-state index >= 15 is 0 Å². The Morgan fingerprint density at radius 3 is 2.26 bits per heavy atom.